The van der Waals surface area contributed by atoms with E-state index in [0.29, 0.717) is 31.0 Å². The summed E-state index contributed by atoms with van der Waals surface area (Å²) in [5.41, 5.74) is 2.62. The van der Waals surface area contributed by atoms with Gasteiger partial charge in [0.25, 0.3) is 0 Å². The fourth-order valence-corrected chi connectivity index (χ4v) is 5.88. The van der Waals surface area contributed by atoms with Crippen LogP contribution in [0.1, 0.15) is 36.0 Å². The maximum atomic E-state index is 13.8. The molecule has 1 fully saturated rings. The predicted octanol–water partition coefficient (Wildman–Crippen LogP) is 4.12. The minimum Gasteiger partial charge on any atom is -0.383 e. The first-order chi connectivity index (χ1) is 19.7. The lowest BCUT2D eigenvalue weighted by Gasteiger charge is -2.31. The Labute approximate surface area is 247 Å². The highest BCUT2D eigenvalue weighted by molar-refractivity contribution is 7.89. The molecule has 3 aromatic carbocycles. The first-order valence-electron chi connectivity index (χ1n) is 13.7. The van der Waals surface area contributed by atoms with Crippen LogP contribution in [-0.4, -0.2) is 57.5 Å². The Kier molecular flexibility index (Phi) is 10.9. The zero-order chi connectivity index (χ0) is 29.2. The molecule has 10 heteroatoms. The van der Waals surface area contributed by atoms with E-state index in [2.05, 4.69) is 10.0 Å². The number of halogens is 1. The Morgan fingerprint density at radius 3 is 2.24 bits per heavy atom. The highest BCUT2D eigenvalue weighted by Gasteiger charge is 2.30. The number of nitrogens with one attached hydrogen (secondary N) is 2. The van der Waals surface area contributed by atoms with E-state index >= 15 is 0 Å². The fourth-order valence-electron chi connectivity index (χ4n) is 4.45. The number of aryl methyl sites for hydroxylation is 1. The zero-order valence-electron chi connectivity index (χ0n) is 23.1. The lowest BCUT2D eigenvalue weighted by Crippen LogP contribution is -2.51. The van der Waals surface area contributed by atoms with Gasteiger partial charge in [0, 0.05) is 44.1 Å². The maximum Gasteiger partial charge on any atom is 0.243 e. The number of methoxy groups -OCH3 is 1. The van der Waals surface area contributed by atoms with Crippen LogP contribution >= 0.6 is 11.6 Å². The molecule has 0 radical (unpaired) electrons. The standard InChI is InChI=1S/C31H36ClN3O5S/c1-40-20-19-33-31(37)29(21-24-5-3-2-4-6-24)35(22-25-7-12-26(32)13-8-25)30(36)18-11-23-9-16-28(17-10-23)41(38,39)34-27-14-15-27/h2-10,12-13,16-17,27,29,34H,11,14-15,18-22H2,1H3,(H,33,37)/t29-/m1/s1. The van der Waals surface area contributed by atoms with Crippen LogP contribution in [0.15, 0.2) is 83.8 Å². The van der Waals surface area contributed by atoms with E-state index in [0.717, 1.165) is 29.5 Å². The van der Waals surface area contributed by atoms with Crippen molar-refractivity contribution in [2.45, 2.75) is 55.6 Å². The van der Waals surface area contributed by atoms with Crippen LogP contribution in [0.5, 0.6) is 0 Å². The number of benzene rings is 3. The van der Waals surface area contributed by atoms with Crippen LogP contribution in [0.3, 0.4) is 0 Å². The Balaban J connectivity index is 1.53. The highest BCUT2D eigenvalue weighted by atomic mass is 35.5. The Morgan fingerprint density at radius 2 is 1.61 bits per heavy atom. The van der Waals surface area contributed by atoms with Gasteiger partial charge in [0.05, 0.1) is 11.5 Å². The summed E-state index contributed by atoms with van der Waals surface area (Å²) in [6.45, 7) is 0.917. The molecular formula is C31H36ClN3O5S. The summed E-state index contributed by atoms with van der Waals surface area (Å²) in [4.78, 5) is 29.1. The molecule has 0 aliphatic heterocycles. The third-order valence-electron chi connectivity index (χ3n) is 6.90. The van der Waals surface area contributed by atoms with Gasteiger partial charge in [0.1, 0.15) is 6.04 Å². The molecule has 41 heavy (non-hydrogen) atoms. The summed E-state index contributed by atoms with van der Waals surface area (Å²) in [6.07, 6.45) is 2.62. The van der Waals surface area contributed by atoms with Crippen molar-refractivity contribution < 1.29 is 22.7 Å². The fraction of sp³-hybridized carbons (Fsp3) is 0.355. The summed E-state index contributed by atoms with van der Waals surface area (Å²) in [6, 6.07) is 22.7. The van der Waals surface area contributed by atoms with Crippen molar-refractivity contribution >= 4 is 33.4 Å². The van der Waals surface area contributed by atoms with Gasteiger partial charge in [0.2, 0.25) is 21.8 Å². The molecule has 218 valence electrons. The summed E-state index contributed by atoms with van der Waals surface area (Å²) >= 11 is 6.09. The van der Waals surface area contributed by atoms with Gasteiger partial charge < -0.3 is 15.0 Å². The largest absolute Gasteiger partial charge is 0.383 e. The van der Waals surface area contributed by atoms with Crippen molar-refractivity contribution in [3.8, 4) is 0 Å². The normalized spacial score (nSPS) is 13.9. The van der Waals surface area contributed by atoms with Gasteiger partial charge in [-0.15, -0.1) is 0 Å². The van der Waals surface area contributed by atoms with Crippen LogP contribution in [0.2, 0.25) is 5.02 Å². The van der Waals surface area contributed by atoms with E-state index in [9.17, 15) is 18.0 Å². The van der Waals surface area contributed by atoms with E-state index in [1.165, 1.54) is 0 Å². The van der Waals surface area contributed by atoms with Gasteiger partial charge >= 0.3 is 0 Å². The molecule has 1 atom stereocenters. The minimum atomic E-state index is -3.54. The summed E-state index contributed by atoms with van der Waals surface area (Å²) in [5, 5.41) is 3.49. The van der Waals surface area contributed by atoms with E-state index in [4.69, 9.17) is 16.3 Å². The van der Waals surface area contributed by atoms with E-state index in [1.54, 1.807) is 48.4 Å². The highest BCUT2D eigenvalue weighted by Crippen LogP contribution is 2.23. The monoisotopic (exact) mass is 597 g/mol. The number of hydrogen-bond donors (Lipinski definition) is 2. The lowest BCUT2D eigenvalue weighted by molar-refractivity contribution is -0.141. The molecule has 4 rings (SSSR count). The average Bonchev–Trinajstić information content (AvgIpc) is 3.79. The van der Waals surface area contributed by atoms with Crippen molar-refractivity contribution in [1.29, 1.82) is 0 Å². The molecule has 0 bridgehead atoms. The molecule has 0 heterocycles. The number of rotatable bonds is 15. The molecule has 2 N–H and O–H groups in total. The Bertz CT molecular complexity index is 1400. The molecule has 0 spiro atoms. The van der Waals surface area contributed by atoms with Gasteiger partial charge in [-0.25, -0.2) is 13.1 Å². The second-order valence-electron chi connectivity index (χ2n) is 10.2. The second kappa shape index (κ2) is 14.6. The van der Waals surface area contributed by atoms with E-state index in [1.807, 2.05) is 42.5 Å². The number of sulfonamides is 1. The van der Waals surface area contributed by atoms with Crippen molar-refractivity contribution in [2.24, 2.45) is 0 Å². The van der Waals surface area contributed by atoms with Crippen LogP contribution < -0.4 is 10.0 Å². The van der Waals surface area contributed by atoms with Crippen LogP contribution in [-0.2, 0) is 43.7 Å². The van der Waals surface area contributed by atoms with Gasteiger partial charge in [0.15, 0.2) is 0 Å². The van der Waals surface area contributed by atoms with Crippen molar-refractivity contribution in [2.75, 3.05) is 20.3 Å². The number of carbonyl (C=O) groups excluding carboxylic acids is 2. The zero-order valence-corrected chi connectivity index (χ0v) is 24.7. The quantitative estimate of drug-likeness (QED) is 0.257. The molecule has 2 amide bonds. The first kappa shape index (κ1) is 30.7. The number of hydrogen-bond acceptors (Lipinski definition) is 5. The summed E-state index contributed by atoms with van der Waals surface area (Å²) in [7, 11) is -1.98. The number of carbonyl (C=O) groups is 2. The van der Waals surface area contributed by atoms with E-state index in [-0.39, 0.29) is 35.7 Å². The minimum absolute atomic E-state index is 0.0273. The smallest absolute Gasteiger partial charge is 0.243 e. The van der Waals surface area contributed by atoms with Gasteiger partial charge in [-0.1, -0.05) is 66.2 Å². The third-order valence-corrected chi connectivity index (χ3v) is 8.69. The van der Waals surface area contributed by atoms with Crippen LogP contribution in [0.4, 0.5) is 0 Å². The molecule has 8 nitrogen and oxygen atoms in total. The lowest BCUT2D eigenvalue weighted by atomic mass is 10.0. The molecule has 1 aliphatic rings. The van der Waals surface area contributed by atoms with Crippen molar-refractivity contribution in [1.82, 2.24) is 14.9 Å². The molecule has 1 saturated carbocycles. The SMILES string of the molecule is COCCNC(=O)[C@@H](Cc1ccccc1)N(Cc1ccc(Cl)cc1)C(=O)CCc1ccc(S(=O)(=O)NC2CC2)cc1. The first-order valence-corrected chi connectivity index (χ1v) is 15.6. The van der Waals surface area contributed by atoms with Crippen LogP contribution in [0, 0.1) is 0 Å². The predicted molar refractivity (Wildman–Crippen MR) is 159 cm³/mol. The molecular weight excluding hydrogens is 562 g/mol. The van der Waals surface area contributed by atoms with Gasteiger partial charge in [-0.3, -0.25) is 9.59 Å². The summed E-state index contributed by atoms with van der Waals surface area (Å²) in [5.74, 6) is -0.444. The molecule has 0 saturated heterocycles. The third kappa shape index (κ3) is 9.39. The topological polar surface area (TPSA) is 105 Å². The number of amides is 2. The summed E-state index contributed by atoms with van der Waals surface area (Å²) < 4.78 is 32.8. The second-order valence-corrected chi connectivity index (χ2v) is 12.3. The molecule has 1 aliphatic carbocycles. The van der Waals surface area contributed by atoms with Gasteiger partial charge in [-0.2, -0.15) is 0 Å². The number of nitrogens with zero attached hydrogens (tertiary/aromatic N) is 1. The van der Waals surface area contributed by atoms with Crippen LogP contribution in [0.25, 0.3) is 0 Å². The van der Waals surface area contributed by atoms with Gasteiger partial charge in [-0.05, 0) is 60.2 Å². The molecule has 0 unspecified atom stereocenters. The Hall–Kier alpha value is -3.24. The average molecular weight is 598 g/mol. The van der Waals surface area contributed by atoms with Crippen molar-refractivity contribution in [3.05, 3.63) is 101 Å². The van der Waals surface area contributed by atoms with E-state index < -0.39 is 16.1 Å². The Morgan fingerprint density at radius 1 is 0.951 bits per heavy atom. The maximum absolute atomic E-state index is 13.8. The molecule has 3 aromatic rings. The van der Waals surface area contributed by atoms with Crippen molar-refractivity contribution in [3.63, 3.8) is 0 Å². The molecule has 0 aromatic heterocycles. The number of ether oxygens (including phenoxy) is 1.